The van der Waals surface area contributed by atoms with Gasteiger partial charge in [-0.15, -0.1) is 0 Å². The molecular weight excluding hydrogens is 454 g/mol. The fourth-order valence-corrected chi connectivity index (χ4v) is 4.67. The number of aromatic amines is 1. The zero-order chi connectivity index (χ0) is 24.6. The first kappa shape index (κ1) is 23.3. The van der Waals surface area contributed by atoms with E-state index >= 15 is 0 Å². The Hall–Kier alpha value is -3.40. The van der Waals surface area contributed by atoms with Crippen LogP contribution in [0.5, 0.6) is 0 Å². The molecule has 0 bridgehead atoms. The van der Waals surface area contributed by atoms with Gasteiger partial charge >= 0.3 is 0 Å². The quantitative estimate of drug-likeness (QED) is 0.561. The van der Waals surface area contributed by atoms with Crippen molar-refractivity contribution in [3.63, 3.8) is 0 Å². The van der Waals surface area contributed by atoms with Gasteiger partial charge in [-0.2, -0.15) is 0 Å². The van der Waals surface area contributed by atoms with E-state index in [1.807, 2.05) is 31.3 Å². The maximum Gasteiger partial charge on any atom is 0.270 e. The van der Waals surface area contributed by atoms with Crippen LogP contribution in [0.1, 0.15) is 41.4 Å². The lowest BCUT2D eigenvalue weighted by molar-refractivity contribution is -0.0901. The van der Waals surface area contributed by atoms with Gasteiger partial charge in [0.05, 0.1) is 22.9 Å². The van der Waals surface area contributed by atoms with Crippen LogP contribution in [-0.2, 0) is 13.0 Å². The second-order valence-electron chi connectivity index (χ2n) is 9.35. The van der Waals surface area contributed by atoms with E-state index in [4.69, 9.17) is 0 Å². The summed E-state index contributed by atoms with van der Waals surface area (Å²) in [5.41, 5.74) is 4.43. The number of carbonyl (C=O) groups excluding carboxylic acids is 1. The van der Waals surface area contributed by atoms with Crippen LogP contribution >= 0.6 is 0 Å². The van der Waals surface area contributed by atoms with Gasteiger partial charge in [-0.3, -0.25) is 19.5 Å². The molecule has 1 amide bonds. The lowest BCUT2D eigenvalue weighted by atomic mass is 9.88. The number of pyridine rings is 3. The fourth-order valence-electron chi connectivity index (χ4n) is 4.67. The SMILES string of the molecule is CCc1cc2ncc(CN3CCN(c4ccc(C(=O)NC5CC(F)(F)C5)nc4)CC3)cc2[nH]c1=O. The van der Waals surface area contributed by atoms with Crippen molar-refractivity contribution >= 4 is 22.6 Å². The van der Waals surface area contributed by atoms with Gasteiger partial charge in [0.15, 0.2) is 0 Å². The first-order valence-electron chi connectivity index (χ1n) is 11.9. The molecule has 0 unspecified atom stereocenters. The summed E-state index contributed by atoms with van der Waals surface area (Å²) >= 11 is 0. The lowest BCUT2D eigenvalue weighted by Crippen LogP contribution is -2.50. The molecule has 1 aliphatic carbocycles. The third-order valence-electron chi connectivity index (χ3n) is 6.76. The largest absolute Gasteiger partial charge is 0.368 e. The van der Waals surface area contributed by atoms with Gasteiger partial charge in [0.1, 0.15) is 5.69 Å². The Morgan fingerprint density at radius 3 is 2.57 bits per heavy atom. The number of hydrogen-bond acceptors (Lipinski definition) is 6. The summed E-state index contributed by atoms with van der Waals surface area (Å²) in [6, 6.07) is 6.85. The molecule has 0 atom stereocenters. The second-order valence-corrected chi connectivity index (χ2v) is 9.35. The van der Waals surface area contributed by atoms with Crippen LogP contribution in [-0.4, -0.2) is 63.9 Å². The van der Waals surface area contributed by atoms with Gasteiger partial charge in [0.25, 0.3) is 17.4 Å². The number of hydrogen-bond donors (Lipinski definition) is 2. The van der Waals surface area contributed by atoms with E-state index in [0.717, 1.165) is 60.6 Å². The number of nitrogens with zero attached hydrogens (tertiary/aromatic N) is 4. The normalized spacial score (nSPS) is 18.4. The van der Waals surface area contributed by atoms with E-state index in [0.29, 0.717) is 6.42 Å². The van der Waals surface area contributed by atoms with Crippen LogP contribution in [0.4, 0.5) is 14.5 Å². The van der Waals surface area contributed by atoms with Crippen molar-refractivity contribution in [2.45, 2.75) is 44.7 Å². The first-order chi connectivity index (χ1) is 16.8. The van der Waals surface area contributed by atoms with Gasteiger partial charge in [-0.05, 0) is 36.2 Å². The van der Waals surface area contributed by atoms with E-state index in [-0.39, 0.29) is 24.1 Å². The molecular formula is C25H28F2N6O2. The van der Waals surface area contributed by atoms with E-state index in [1.54, 1.807) is 12.3 Å². The number of alkyl halides is 2. The van der Waals surface area contributed by atoms with Crippen molar-refractivity contribution in [2.75, 3.05) is 31.1 Å². The maximum atomic E-state index is 13.0. The Balaban J connectivity index is 1.15. The predicted octanol–water partition coefficient (Wildman–Crippen LogP) is 2.73. The fraction of sp³-hybridized carbons (Fsp3) is 0.440. The Kier molecular flexibility index (Phi) is 6.22. The van der Waals surface area contributed by atoms with E-state index < -0.39 is 17.9 Å². The number of nitrogens with one attached hydrogen (secondary N) is 2. The molecule has 0 spiro atoms. The minimum absolute atomic E-state index is 0.0609. The number of aromatic nitrogens is 3. The third kappa shape index (κ3) is 5.17. The molecule has 3 aromatic rings. The highest BCUT2D eigenvalue weighted by Crippen LogP contribution is 2.37. The molecule has 0 aromatic carbocycles. The molecule has 2 fully saturated rings. The minimum atomic E-state index is -2.67. The van der Waals surface area contributed by atoms with Crippen molar-refractivity contribution in [3.8, 4) is 0 Å². The number of H-pyrrole nitrogens is 1. The summed E-state index contributed by atoms with van der Waals surface area (Å²) < 4.78 is 25.9. The zero-order valence-electron chi connectivity index (χ0n) is 19.6. The minimum Gasteiger partial charge on any atom is -0.368 e. The molecule has 1 saturated heterocycles. The highest BCUT2D eigenvalue weighted by Gasteiger charge is 2.46. The molecule has 2 aliphatic rings. The molecule has 5 rings (SSSR count). The number of piperazine rings is 1. The van der Waals surface area contributed by atoms with Crippen LogP contribution in [0.2, 0.25) is 0 Å². The summed E-state index contributed by atoms with van der Waals surface area (Å²) in [5.74, 6) is -3.09. The van der Waals surface area contributed by atoms with Crippen molar-refractivity contribution in [1.82, 2.24) is 25.2 Å². The Morgan fingerprint density at radius 2 is 1.91 bits per heavy atom. The highest BCUT2D eigenvalue weighted by atomic mass is 19.3. The average molecular weight is 483 g/mol. The topological polar surface area (TPSA) is 94.2 Å². The standard InChI is InChI=1S/C25H28F2N6O2/c1-2-17-10-21-22(31-23(17)34)9-16(13-28-21)15-32-5-7-33(8-6-32)19-3-4-20(29-14-19)24(35)30-18-11-25(26,27)12-18/h3-4,9-10,13-14,18H,2,5-8,11-12,15H2,1H3,(H,30,35)(H,31,34). The van der Waals surface area contributed by atoms with Gasteiger partial charge in [0, 0.05) is 63.4 Å². The smallest absolute Gasteiger partial charge is 0.270 e. The van der Waals surface area contributed by atoms with Gasteiger partial charge < -0.3 is 15.2 Å². The van der Waals surface area contributed by atoms with Crippen LogP contribution in [0.25, 0.3) is 11.0 Å². The summed E-state index contributed by atoms with van der Waals surface area (Å²) in [5, 5.41) is 2.61. The Morgan fingerprint density at radius 1 is 1.14 bits per heavy atom. The van der Waals surface area contributed by atoms with Crippen molar-refractivity contribution < 1.29 is 13.6 Å². The van der Waals surface area contributed by atoms with E-state index in [9.17, 15) is 18.4 Å². The summed E-state index contributed by atoms with van der Waals surface area (Å²) in [4.78, 5) is 40.6. The number of rotatable bonds is 6. The third-order valence-corrected chi connectivity index (χ3v) is 6.76. The summed E-state index contributed by atoms with van der Waals surface area (Å²) in [6.07, 6.45) is 3.58. The van der Waals surface area contributed by atoms with Gasteiger partial charge in [0.2, 0.25) is 0 Å². The highest BCUT2D eigenvalue weighted by molar-refractivity contribution is 5.92. The van der Waals surface area contributed by atoms with Gasteiger partial charge in [-0.1, -0.05) is 6.92 Å². The molecule has 0 radical (unpaired) electrons. The molecule has 3 aromatic heterocycles. The summed E-state index contributed by atoms with van der Waals surface area (Å²) in [6.45, 7) is 6.01. The number of fused-ring (bicyclic) bond motifs is 1. The van der Waals surface area contributed by atoms with E-state index in [1.165, 1.54) is 0 Å². The van der Waals surface area contributed by atoms with Crippen molar-refractivity contribution in [2.24, 2.45) is 0 Å². The number of halogens is 2. The Bertz CT molecular complexity index is 1280. The van der Waals surface area contributed by atoms with E-state index in [2.05, 4.69) is 30.1 Å². The molecule has 4 heterocycles. The van der Waals surface area contributed by atoms with Gasteiger partial charge in [-0.25, -0.2) is 13.8 Å². The molecule has 1 saturated carbocycles. The number of anilines is 1. The molecule has 35 heavy (non-hydrogen) atoms. The lowest BCUT2D eigenvalue weighted by Gasteiger charge is -2.36. The van der Waals surface area contributed by atoms with Crippen LogP contribution in [0, 0.1) is 0 Å². The van der Waals surface area contributed by atoms with Crippen molar-refractivity contribution in [1.29, 1.82) is 0 Å². The molecule has 2 N–H and O–H groups in total. The Labute approximate surface area is 201 Å². The van der Waals surface area contributed by atoms with Crippen LogP contribution < -0.4 is 15.8 Å². The number of carbonyl (C=O) groups is 1. The molecule has 1 aliphatic heterocycles. The number of amides is 1. The second kappa shape index (κ2) is 9.33. The summed E-state index contributed by atoms with van der Waals surface area (Å²) in [7, 11) is 0. The van der Waals surface area contributed by atoms with Crippen LogP contribution in [0.15, 0.2) is 41.5 Å². The zero-order valence-corrected chi connectivity index (χ0v) is 19.6. The average Bonchev–Trinajstić information content (AvgIpc) is 2.83. The molecule has 8 nitrogen and oxygen atoms in total. The predicted molar refractivity (Wildman–Crippen MR) is 129 cm³/mol. The van der Waals surface area contributed by atoms with Crippen molar-refractivity contribution in [3.05, 3.63) is 63.8 Å². The maximum absolute atomic E-state index is 13.0. The molecule has 184 valence electrons. The first-order valence-corrected chi connectivity index (χ1v) is 11.9. The monoisotopic (exact) mass is 482 g/mol. The molecule has 10 heteroatoms. The van der Waals surface area contributed by atoms with Crippen LogP contribution in [0.3, 0.4) is 0 Å². The number of aryl methyl sites for hydroxylation is 1.